The lowest BCUT2D eigenvalue weighted by atomic mass is 9.98. The van der Waals surface area contributed by atoms with Crippen LogP contribution in [-0.2, 0) is 23.4 Å². The van der Waals surface area contributed by atoms with Gasteiger partial charge >= 0.3 is 19.4 Å². The van der Waals surface area contributed by atoms with E-state index >= 15 is 4.39 Å². The van der Waals surface area contributed by atoms with E-state index in [1.165, 1.54) is 19.1 Å². The molecule has 0 spiro atoms. The molecule has 0 amide bonds. The summed E-state index contributed by atoms with van der Waals surface area (Å²) in [6.45, 7) is 4.76. The molecule has 2 aromatic rings. The van der Waals surface area contributed by atoms with Gasteiger partial charge in [-0.15, -0.1) is 0 Å². The maximum atomic E-state index is 15.6. The largest absolute Gasteiger partial charge is 0.462 e. The van der Waals surface area contributed by atoms with E-state index in [2.05, 4.69) is 5.09 Å². The van der Waals surface area contributed by atoms with Gasteiger partial charge in [-0.05, 0) is 39.8 Å². The number of hydrogen-bond acceptors (Lipinski definition) is 9. The number of hydrogen-bond donors (Lipinski definition) is 3. The van der Waals surface area contributed by atoms with E-state index in [4.69, 9.17) is 21.3 Å². The molecule has 1 aromatic carbocycles. The second-order valence-corrected chi connectivity index (χ2v) is 10.2. The Morgan fingerprint density at radius 3 is 2.67 bits per heavy atom. The molecular formula is C22H29FN3O9P. The van der Waals surface area contributed by atoms with Crippen LogP contribution in [0.25, 0.3) is 0 Å². The summed E-state index contributed by atoms with van der Waals surface area (Å²) in [6.07, 6.45) is -6.83. The Bertz CT molecular complexity index is 1320. The van der Waals surface area contributed by atoms with Crippen molar-refractivity contribution in [2.24, 2.45) is 0 Å². The highest BCUT2D eigenvalue weighted by Crippen LogP contribution is 2.47. The normalized spacial score (nSPS) is 27.1. The Morgan fingerprint density at radius 1 is 1.36 bits per heavy atom. The molecule has 0 saturated carbocycles. The molecule has 1 saturated heterocycles. The fourth-order valence-electron chi connectivity index (χ4n) is 3.35. The fraction of sp³-hybridized carbons (Fsp3) is 0.500. The van der Waals surface area contributed by atoms with Gasteiger partial charge in [0.1, 0.15) is 24.0 Å². The van der Waals surface area contributed by atoms with Crippen molar-refractivity contribution in [2.75, 3.05) is 6.61 Å². The average molecular weight is 531 g/mol. The summed E-state index contributed by atoms with van der Waals surface area (Å²) in [4.78, 5) is 38.0. The molecule has 1 aliphatic heterocycles. The van der Waals surface area contributed by atoms with E-state index < -0.39 is 80.0 Å². The van der Waals surface area contributed by atoms with Crippen molar-refractivity contribution in [3.63, 3.8) is 0 Å². The molecular weight excluding hydrogens is 500 g/mol. The van der Waals surface area contributed by atoms with E-state index in [1.807, 2.05) is 0 Å². The molecule has 12 nitrogen and oxygen atoms in total. The maximum Gasteiger partial charge on any atom is 0.459 e. The highest BCUT2D eigenvalue weighted by Gasteiger charge is 2.55. The summed E-state index contributed by atoms with van der Waals surface area (Å²) >= 11 is 0. The fourth-order valence-corrected chi connectivity index (χ4v) is 4.85. The minimum absolute atomic E-state index is 0.107. The van der Waals surface area contributed by atoms with Crippen molar-refractivity contribution < 1.29 is 40.1 Å². The third-order valence-corrected chi connectivity index (χ3v) is 6.76. The van der Waals surface area contributed by atoms with Gasteiger partial charge in [-0.3, -0.25) is 23.7 Å². The SMILES string of the molecule is [2H]c1c([2H])n([C@@H]2O[C@H](COP(=O)(NC(C)C(=O)OC(C)C)Oc3ccccc3)[C@@H](O)[C@@]2(C)F)c(=O)[nH]c1=O. The van der Waals surface area contributed by atoms with Crippen LogP contribution in [0.2, 0.25) is 0 Å². The molecule has 0 aliphatic carbocycles. The molecule has 6 atom stereocenters. The first-order valence-electron chi connectivity index (χ1n) is 12.0. The summed E-state index contributed by atoms with van der Waals surface area (Å²) in [6, 6.07) is 5.75. The first-order chi connectivity index (χ1) is 17.7. The Morgan fingerprint density at radius 2 is 2.03 bits per heavy atom. The summed E-state index contributed by atoms with van der Waals surface area (Å²) in [5, 5.41) is 13.0. The van der Waals surface area contributed by atoms with Crippen LogP contribution < -0.4 is 20.9 Å². The smallest absolute Gasteiger partial charge is 0.459 e. The van der Waals surface area contributed by atoms with E-state index in [0.29, 0.717) is 4.57 Å². The zero-order valence-electron chi connectivity index (χ0n) is 22.0. The molecule has 0 radical (unpaired) electrons. The monoisotopic (exact) mass is 531 g/mol. The van der Waals surface area contributed by atoms with Gasteiger partial charge in [0, 0.05) is 12.2 Å². The molecule has 2 heterocycles. The molecule has 3 rings (SSSR count). The summed E-state index contributed by atoms with van der Waals surface area (Å²) in [7, 11) is -4.39. The second-order valence-electron chi connectivity index (χ2n) is 8.52. The third-order valence-electron chi connectivity index (χ3n) is 5.12. The lowest BCUT2D eigenvalue weighted by Crippen LogP contribution is -2.43. The first kappa shape index (κ1) is 24.8. The zero-order valence-corrected chi connectivity index (χ0v) is 20.9. The number of aliphatic hydroxyl groups excluding tert-OH is 1. The number of para-hydroxylation sites is 1. The van der Waals surface area contributed by atoms with Crippen molar-refractivity contribution in [2.45, 2.75) is 63.9 Å². The number of H-pyrrole nitrogens is 1. The maximum absolute atomic E-state index is 15.6. The van der Waals surface area contributed by atoms with Crippen molar-refractivity contribution in [3.05, 3.63) is 63.4 Å². The van der Waals surface area contributed by atoms with Crippen LogP contribution in [0.4, 0.5) is 4.39 Å². The van der Waals surface area contributed by atoms with Gasteiger partial charge in [0.05, 0.1) is 15.5 Å². The molecule has 198 valence electrons. The Kier molecular flexibility index (Phi) is 7.63. The van der Waals surface area contributed by atoms with E-state index in [0.717, 1.165) is 6.92 Å². The molecule has 1 aromatic heterocycles. The number of halogens is 1. The van der Waals surface area contributed by atoms with Gasteiger partial charge in [0.2, 0.25) is 0 Å². The van der Waals surface area contributed by atoms with Crippen molar-refractivity contribution in [3.8, 4) is 5.75 Å². The number of benzene rings is 1. The standard InChI is InChI=1S/C22H29FN3O9P/c1-13(2)33-19(29)14(3)25-36(31,35-15-8-6-5-7-9-15)32-12-16-18(28)22(4,23)20(34-16)26-11-10-17(27)24-21(26)30/h5-11,13-14,16,18,20,28H,12H2,1-4H3,(H,25,31)(H,24,27,30)/t14?,16-,18-,20-,22-,36?/m1/s1/i10D,11D. The predicted molar refractivity (Wildman–Crippen MR) is 125 cm³/mol. The highest BCUT2D eigenvalue weighted by atomic mass is 31.2. The number of carbonyl (C=O) groups excluding carboxylic acids is 1. The predicted octanol–water partition coefficient (Wildman–Crippen LogP) is 1.66. The molecule has 0 bridgehead atoms. The molecule has 14 heteroatoms. The number of nitrogens with zero attached hydrogens (tertiary/aromatic N) is 1. The highest BCUT2D eigenvalue weighted by molar-refractivity contribution is 7.52. The van der Waals surface area contributed by atoms with E-state index in [1.54, 1.807) is 37.0 Å². The van der Waals surface area contributed by atoms with Gasteiger partial charge in [-0.1, -0.05) is 18.2 Å². The van der Waals surface area contributed by atoms with Crippen LogP contribution in [0.5, 0.6) is 5.75 Å². The number of ether oxygens (including phenoxy) is 2. The van der Waals surface area contributed by atoms with Crippen LogP contribution in [0.3, 0.4) is 0 Å². The van der Waals surface area contributed by atoms with Crippen LogP contribution in [0, 0.1) is 0 Å². The number of aromatic amines is 1. The number of alkyl halides is 1. The number of aromatic nitrogens is 2. The minimum Gasteiger partial charge on any atom is -0.462 e. The number of esters is 1. The average Bonchev–Trinajstić information content (AvgIpc) is 3.05. The molecule has 3 N–H and O–H groups in total. The summed E-state index contributed by atoms with van der Waals surface area (Å²) in [5.74, 6) is -0.642. The van der Waals surface area contributed by atoms with Crippen molar-refractivity contribution in [1.29, 1.82) is 0 Å². The Hall–Kier alpha value is -2.83. The van der Waals surface area contributed by atoms with Gasteiger partial charge in [-0.25, -0.2) is 13.8 Å². The Labute approximate surface area is 208 Å². The zero-order chi connectivity index (χ0) is 28.4. The van der Waals surface area contributed by atoms with Crippen molar-refractivity contribution >= 4 is 13.7 Å². The van der Waals surface area contributed by atoms with Crippen LogP contribution >= 0.6 is 7.75 Å². The molecule has 1 fully saturated rings. The topological polar surface area (TPSA) is 158 Å². The number of rotatable bonds is 10. The summed E-state index contributed by atoms with van der Waals surface area (Å²) < 4.78 is 66.6. The first-order valence-corrected chi connectivity index (χ1v) is 12.5. The molecule has 1 aliphatic rings. The van der Waals surface area contributed by atoms with E-state index in [-0.39, 0.29) is 5.75 Å². The summed E-state index contributed by atoms with van der Waals surface area (Å²) in [5.41, 5.74) is -5.08. The quantitative estimate of drug-likeness (QED) is 0.304. The number of nitrogens with one attached hydrogen (secondary N) is 2. The van der Waals surface area contributed by atoms with Gasteiger partial charge < -0.3 is 19.1 Å². The van der Waals surface area contributed by atoms with Crippen LogP contribution in [0.1, 0.15) is 36.7 Å². The third kappa shape index (κ3) is 6.48. The number of carbonyl (C=O) groups is 1. The lowest BCUT2D eigenvalue weighted by molar-refractivity contribution is -0.149. The van der Waals surface area contributed by atoms with E-state index in [9.17, 15) is 24.1 Å². The Balaban J connectivity index is 1.85. The minimum atomic E-state index is -4.39. The van der Waals surface area contributed by atoms with Gasteiger partial charge in [0.25, 0.3) is 5.56 Å². The van der Waals surface area contributed by atoms with Gasteiger partial charge in [0.15, 0.2) is 11.9 Å². The van der Waals surface area contributed by atoms with Crippen LogP contribution in [-0.4, -0.2) is 57.3 Å². The lowest BCUT2D eigenvalue weighted by Gasteiger charge is -2.25. The van der Waals surface area contributed by atoms with Crippen molar-refractivity contribution in [1.82, 2.24) is 14.6 Å². The number of aliphatic hydroxyl groups is 1. The van der Waals surface area contributed by atoms with Crippen LogP contribution in [0.15, 0.2) is 52.1 Å². The van der Waals surface area contributed by atoms with Gasteiger partial charge in [-0.2, -0.15) is 5.09 Å². The second kappa shape index (κ2) is 11.1. The molecule has 2 unspecified atom stereocenters. The molecule has 36 heavy (non-hydrogen) atoms.